The molecule has 3 rings (SSSR count). The van der Waals surface area contributed by atoms with Crippen molar-refractivity contribution in [2.75, 3.05) is 5.43 Å². The Morgan fingerprint density at radius 2 is 1.92 bits per heavy atom. The first-order valence-electron chi connectivity index (χ1n) is 6.61. The maximum absolute atomic E-state index is 6.16. The van der Waals surface area contributed by atoms with E-state index in [2.05, 4.69) is 15.5 Å². The van der Waals surface area contributed by atoms with Crippen LogP contribution < -0.4 is 5.43 Å². The van der Waals surface area contributed by atoms with E-state index in [1.54, 1.807) is 30.7 Å². The first kappa shape index (κ1) is 19.1. The van der Waals surface area contributed by atoms with Gasteiger partial charge >= 0.3 is 0 Å². The molecule has 1 aromatic carbocycles. The Hall–Kier alpha value is -1.24. The lowest BCUT2D eigenvalue weighted by molar-refractivity contribution is 0.849. The van der Waals surface area contributed by atoms with E-state index >= 15 is 0 Å². The van der Waals surface area contributed by atoms with Gasteiger partial charge in [-0.2, -0.15) is 5.10 Å². The van der Waals surface area contributed by atoms with Crippen molar-refractivity contribution in [1.29, 1.82) is 0 Å². The summed E-state index contributed by atoms with van der Waals surface area (Å²) in [6, 6.07) is 9.06. The highest BCUT2D eigenvalue weighted by Gasteiger charge is 2.10. The zero-order valence-corrected chi connectivity index (χ0v) is 16.0. The molecular weight excluding hydrogens is 410 g/mol. The highest BCUT2D eigenvalue weighted by atomic mass is 35.5. The molecule has 0 saturated heterocycles. The fourth-order valence-corrected chi connectivity index (χ4v) is 3.42. The van der Waals surface area contributed by atoms with Crippen LogP contribution >= 0.6 is 58.5 Å². The highest BCUT2D eigenvalue weighted by molar-refractivity contribution is 7.18. The molecule has 24 heavy (non-hydrogen) atoms. The van der Waals surface area contributed by atoms with Gasteiger partial charge in [-0.25, -0.2) is 4.98 Å². The molecule has 1 N–H and O–H groups in total. The number of imidazole rings is 1. The summed E-state index contributed by atoms with van der Waals surface area (Å²) < 4.78 is 2.62. The van der Waals surface area contributed by atoms with Gasteiger partial charge in [-0.15, -0.1) is 23.7 Å². The topological polar surface area (TPSA) is 42.2 Å². The first-order chi connectivity index (χ1) is 11.1. The van der Waals surface area contributed by atoms with E-state index in [9.17, 15) is 0 Å². The predicted molar refractivity (Wildman–Crippen MR) is 105 cm³/mol. The third kappa shape index (κ3) is 4.65. The fourth-order valence-electron chi connectivity index (χ4n) is 1.92. The second kappa shape index (κ2) is 8.74. The summed E-state index contributed by atoms with van der Waals surface area (Å²) in [7, 11) is 0. The molecule has 0 saturated carbocycles. The minimum atomic E-state index is 0. The summed E-state index contributed by atoms with van der Waals surface area (Å²) in [5.41, 5.74) is 4.33. The minimum Gasteiger partial charge on any atom is -0.331 e. The van der Waals surface area contributed by atoms with Crippen LogP contribution in [-0.4, -0.2) is 15.3 Å². The van der Waals surface area contributed by atoms with E-state index in [0.29, 0.717) is 26.6 Å². The molecule has 126 valence electrons. The molecule has 0 radical (unpaired) electrons. The van der Waals surface area contributed by atoms with E-state index in [1.807, 2.05) is 22.9 Å². The van der Waals surface area contributed by atoms with Gasteiger partial charge in [-0.3, -0.25) is 5.43 Å². The standard InChI is InChI=1S/C15H11Cl3N4S.ClH/c16-10-2-1-3-11(17)15(10)21-20-12(8-22-7-6-19-9-22)13-4-5-14(18)23-13;/h1-7,9,21H,8H2;1H. The molecule has 0 amide bonds. The van der Waals surface area contributed by atoms with Crippen molar-refractivity contribution in [3.63, 3.8) is 0 Å². The van der Waals surface area contributed by atoms with Crippen LogP contribution in [0, 0.1) is 0 Å². The highest BCUT2D eigenvalue weighted by Crippen LogP contribution is 2.30. The number of halogens is 4. The third-order valence-electron chi connectivity index (χ3n) is 3.01. The van der Waals surface area contributed by atoms with Crippen LogP contribution in [0.2, 0.25) is 14.4 Å². The van der Waals surface area contributed by atoms with Crippen LogP contribution in [0.1, 0.15) is 4.88 Å². The van der Waals surface area contributed by atoms with Crippen LogP contribution in [0.15, 0.2) is 54.2 Å². The lowest BCUT2D eigenvalue weighted by atomic mass is 10.3. The quantitative estimate of drug-likeness (QED) is 0.415. The Balaban J connectivity index is 0.00000208. The van der Waals surface area contributed by atoms with Crippen LogP contribution in [0.5, 0.6) is 0 Å². The molecule has 0 aliphatic rings. The summed E-state index contributed by atoms with van der Waals surface area (Å²) in [4.78, 5) is 5.00. The maximum atomic E-state index is 6.16. The largest absolute Gasteiger partial charge is 0.331 e. The summed E-state index contributed by atoms with van der Waals surface area (Å²) in [5, 5.41) is 5.49. The Labute approximate surface area is 164 Å². The summed E-state index contributed by atoms with van der Waals surface area (Å²) in [5.74, 6) is 0. The molecule has 0 fully saturated rings. The second-order valence-electron chi connectivity index (χ2n) is 4.61. The monoisotopic (exact) mass is 420 g/mol. The minimum absolute atomic E-state index is 0. The number of rotatable bonds is 5. The van der Waals surface area contributed by atoms with Gasteiger partial charge in [0.05, 0.1) is 43.5 Å². The van der Waals surface area contributed by atoms with Crippen LogP contribution in [-0.2, 0) is 6.54 Å². The predicted octanol–water partition coefficient (Wildman–Crippen LogP) is 5.84. The normalized spacial score (nSPS) is 11.2. The number of hydrogen-bond donors (Lipinski definition) is 1. The van der Waals surface area contributed by atoms with Crippen molar-refractivity contribution in [2.45, 2.75) is 6.54 Å². The first-order valence-corrected chi connectivity index (χ1v) is 8.56. The smallest absolute Gasteiger partial charge is 0.0976 e. The Morgan fingerprint density at radius 1 is 1.17 bits per heavy atom. The molecule has 2 aromatic heterocycles. The van der Waals surface area contributed by atoms with Gasteiger partial charge in [0, 0.05) is 12.4 Å². The maximum Gasteiger partial charge on any atom is 0.0976 e. The molecule has 3 aromatic rings. The molecule has 0 bridgehead atoms. The van der Waals surface area contributed by atoms with Gasteiger partial charge in [0.2, 0.25) is 0 Å². The third-order valence-corrected chi connectivity index (χ3v) is 4.92. The molecule has 0 aliphatic carbocycles. The van der Waals surface area contributed by atoms with Gasteiger partial charge in [-0.1, -0.05) is 40.9 Å². The summed E-state index contributed by atoms with van der Waals surface area (Å²) >= 11 is 19.8. The SMILES string of the molecule is Cl.Clc1ccc(C(Cn2ccnc2)=NNc2c(Cl)cccc2Cl)s1. The van der Waals surface area contributed by atoms with Crippen molar-refractivity contribution in [3.8, 4) is 0 Å². The molecule has 4 nitrogen and oxygen atoms in total. The van der Waals surface area contributed by atoms with E-state index in [1.165, 1.54) is 11.3 Å². The van der Waals surface area contributed by atoms with Gasteiger partial charge in [0.1, 0.15) is 0 Å². The molecular formula is C15H12Cl4N4S. The summed E-state index contributed by atoms with van der Waals surface area (Å²) in [6.07, 6.45) is 5.32. The number of hydrogen-bond acceptors (Lipinski definition) is 4. The molecule has 0 spiro atoms. The Morgan fingerprint density at radius 3 is 2.50 bits per heavy atom. The zero-order valence-electron chi connectivity index (χ0n) is 12.1. The molecule has 2 heterocycles. The average molecular weight is 422 g/mol. The molecule has 0 atom stereocenters. The van der Waals surface area contributed by atoms with E-state index in [4.69, 9.17) is 34.8 Å². The van der Waals surface area contributed by atoms with Crippen LogP contribution in [0.4, 0.5) is 5.69 Å². The van der Waals surface area contributed by atoms with Crippen LogP contribution in [0.3, 0.4) is 0 Å². The Bertz CT molecular complexity index is 810. The number of thiophene rings is 1. The van der Waals surface area contributed by atoms with Crippen molar-refractivity contribution in [1.82, 2.24) is 9.55 Å². The second-order valence-corrected chi connectivity index (χ2v) is 7.14. The number of hydrazone groups is 1. The van der Waals surface area contributed by atoms with E-state index in [-0.39, 0.29) is 12.4 Å². The lowest BCUT2D eigenvalue weighted by Gasteiger charge is -2.09. The van der Waals surface area contributed by atoms with Crippen LogP contribution in [0.25, 0.3) is 0 Å². The van der Waals surface area contributed by atoms with Gasteiger partial charge in [0.25, 0.3) is 0 Å². The fraction of sp³-hybridized carbons (Fsp3) is 0.0667. The van der Waals surface area contributed by atoms with Crippen molar-refractivity contribution in [2.24, 2.45) is 5.10 Å². The molecule has 9 heteroatoms. The van der Waals surface area contributed by atoms with Gasteiger partial charge in [-0.05, 0) is 24.3 Å². The zero-order chi connectivity index (χ0) is 16.2. The number of anilines is 1. The number of aromatic nitrogens is 2. The Kier molecular flexibility index (Phi) is 6.95. The van der Waals surface area contributed by atoms with Gasteiger partial charge in [0.15, 0.2) is 0 Å². The lowest BCUT2D eigenvalue weighted by Crippen LogP contribution is -2.11. The van der Waals surface area contributed by atoms with Crippen molar-refractivity contribution < 1.29 is 0 Å². The van der Waals surface area contributed by atoms with Gasteiger partial charge < -0.3 is 4.57 Å². The molecule has 0 unspecified atom stereocenters. The molecule has 0 aliphatic heterocycles. The number of benzene rings is 1. The summed E-state index contributed by atoms with van der Waals surface area (Å²) in [6.45, 7) is 0.548. The van der Waals surface area contributed by atoms with E-state index < -0.39 is 0 Å². The number of para-hydroxylation sites is 1. The van der Waals surface area contributed by atoms with Crippen molar-refractivity contribution >= 4 is 69.9 Å². The van der Waals surface area contributed by atoms with Crippen molar-refractivity contribution in [3.05, 3.63) is 68.3 Å². The van der Waals surface area contributed by atoms with E-state index in [0.717, 1.165) is 10.6 Å². The average Bonchev–Trinajstić information content (AvgIpc) is 3.17. The number of nitrogens with zero attached hydrogens (tertiary/aromatic N) is 3. The number of nitrogens with one attached hydrogen (secondary N) is 1.